The molecule has 0 N–H and O–H groups in total. The van der Waals surface area contributed by atoms with Crippen LogP contribution in [0, 0.1) is 0 Å². The molecule has 138 valence electrons. The van der Waals surface area contributed by atoms with Gasteiger partial charge in [0.2, 0.25) is 5.91 Å². The smallest absolute Gasteiger partial charge is 0.223 e. The molecule has 1 rings (SSSR count). The van der Waals surface area contributed by atoms with Crippen LogP contribution in [-0.4, -0.2) is 17.4 Å². The number of hydrogen-bond acceptors (Lipinski definition) is 1. The number of hydrogen-bond donors (Lipinski definition) is 0. The molecule has 0 aromatic heterocycles. The maximum absolute atomic E-state index is 11.5. The highest BCUT2D eigenvalue weighted by molar-refractivity contribution is 5.76. The molecule has 2 nitrogen and oxygen atoms in total. The van der Waals surface area contributed by atoms with E-state index >= 15 is 0 Å². The lowest BCUT2D eigenvalue weighted by Crippen LogP contribution is -2.23. The van der Waals surface area contributed by atoms with Gasteiger partial charge in [-0.2, -0.15) is 0 Å². The van der Waals surface area contributed by atoms with Crippen LogP contribution in [0.1, 0.15) is 104 Å². The predicted molar refractivity (Wildman–Crippen MR) is 105 cm³/mol. The van der Waals surface area contributed by atoms with E-state index in [9.17, 15) is 4.79 Å². The standard InChI is InChI=1S/C22H39NO/c1-4-5-6-7-8-9-10-11-12-13-14-15-16-17-22-18-19-23(20(22)2)21(3)24/h10-11H,4-9,12-19H2,1-3H3. The molecule has 1 aliphatic heterocycles. The molecule has 1 aliphatic rings. The van der Waals surface area contributed by atoms with Crippen molar-refractivity contribution in [2.75, 3.05) is 6.54 Å². The molecular formula is C22H39NO. The Labute approximate surface area is 150 Å². The van der Waals surface area contributed by atoms with Gasteiger partial charge in [0.05, 0.1) is 0 Å². The van der Waals surface area contributed by atoms with Gasteiger partial charge in [0, 0.05) is 19.2 Å². The summed E-state index contributed by atoms with van der Waals surface area (Å²) in [5.41, 5.74) is 2.73. The molecule has 0 aromatic carbocycles. The number of allylic oxidation sites excluding steroid dienone is 3. The molecule has 0 spiro atoms. The molecule has 2 heteroatoms. The second-order valence-corrected chi connectivity index (χ2v) is 7.24. The van der Waals surface area contributed by atoms with Crippen molar-refractivity contribution in [1.82, 2.24) is 4.90 Å². The van der Waals surface area contributed by atoms with Gasteiger partial charge in [-0.3, -0.25) is 4.79 Å². The minimum Gasteiger partial charge on any atom is -0.316 e. The molecule has 0 aromatic rings. The largest absolute Gasteiger partial charge is 0.316 e. The first-order valence-corrected chi connectivity index (χ1v) is 10.3. The lowest BCUT2D eigenvalue weighted by atomic mass is 10.0. The fourth-order valence-corrected chi connectivity index (χ4v) is 3.54. The summed E-state index contributed by atoms with van der Waals surface area (Å²) in [6.45, 7) is 6.95. The SMILES string of the molecule is CCCCCCCC=CCCCCCCC1=C(C)N(C(C)=O)CC1. The molecule has 1 amide bonds. The van der Waals surface area contributed by atoms with E-state index in [1.165, 1.54) is 88.3 Å². The molecule has 0 radical (unpaired) electrons. The molecule has 24 heavy (non-hydrogen) atoms. The Kier molecular flexibility index (Phi) is 11.6. The highest BCUT2D eigenvalue weighted by atomic mass is 16.2. The van der Waals surface area contributed by atoms with Crippen LogP contribution in [0.2, 0.25) is 0 Å². The van der Waals surface area contributed by atoms with E-state index < -0.39 is 0 Å². The molecule has 0 aliphatic carbocycles. The zero-order chi connectivity index (χ0) is 17.6. The Morgan fingerprint density at radius 3 is 2.08 bits per heavy atom. The van der Waals surface area contributed by atoms with E-state index in [0.717, 1.165) is 13.0 Å². The molecule has 0 fully saturated rings. The normalized spacial score (nSPS) is 15.0. The zero-order valence-corrected chi connectivity index (χ0v) is 16.4. The van der Waals surface area contributed by atoms with Gasteiger partial charge in [-0.05, 0) is 57.4 Å². The summed E-state index contributed by atoms with van der Waals surface area (Å²) in [6.07, 6.45) is 21.7. The summed E-state index contributed by atoms with van der Waals surface area (Å²) >= 11 is 0. The van der Waals surface area contributed by atoms with Gasteiger partial charge in [-0.25, -0.2) is 0 Å². The molecular weight excluding hydrogens is 294 g/mol. The van der Waals surface area contributed by atoms with Gasteiger partial charge in [-0.1, -0.05) is 57.6 Å². The number of rotatable bonds is 13. The van der Waals surface area contributed by atoms with Crippen LogP contribution < -0.4 is 0 Å². The van der Waals surface area contributed by atoms with Crippen molar-refractivity contribution in [3.05, 3.63) is 23.4 Å². The van der Waals surface area contributed by atoms with E-state index in [0.29, 0.717) is 0 Å². The first kappa shape index (κ1) is 21.0. The van der Waals surface area contributed by atoms with Gasteiger partial charge in [0.15, 0.2) is 0 Å². The van der Waals surface area contributed by atoms with Crippen molar-refractivity contribution in [1.29, 1.82) is 0 Å². The van der Waals surface area contributed by atoms with Crippen molar-refractivity contribution in [3.8, 4) is 0 Å². The van der Waals surface area contributed by atoms with Gasteiger partial charge >= 0.3 is 0 Å². The lowest BCUT2D eigenvalue weighted by molar-refractivity contribution is -0.126. The molecule has 0 unspecified atom stereocenters. The van der Waals surface area contributed by atoms with Gasteiger partial charge in [0.1, 0.15) is 0 Å². The molecule has 0 saturated heterocycles. The number of unbranched alkanes of at least 4 members (excludes halogenated alkanes) is 9. The van der Waals surface area contributed by atoms with Crippen LogP contribution in [-0.2, 0) is 4.79 Å². The van der Waals surface area contributed by atoms with Crippen molar-refractivity contribution >= 4 is 5.91 Å². The monoisotopic (exact) mass is 333 g/mol. The zero-order valence-electron chi connectivity index (χ0n) is 16.4. The van der Waals surface area contributed by atoms with Gasteiger partial charge in [0.25, 0.3) is 0 Å². The number of carbonyl (C=O) groups excluding carboxylic acids is 1. The van der Waals surface area contributed by atoms with Crippen molar-refractivity contribution in [2.24, 2.45) is 0 Å². The minimum absolute atomic E-state index is 0.194. The second-order valence-electron chi connectivity index (χ2n) is 7.24. The van der Waals surface area contributed by atoms with Crippen LogP contribution in [0.15, 0.2) is 23.4 Å². The summed E-state index contributed by atoms with van der Waals surface area (Å²) in [5, 5.41) is 0. The quantitative estimate of drug-likeness (QED) is 0.269. The summed E-state index contributed by atoms with van der Waals surface area (Å²) in [4.78, 5) is 13.4. The first-order chi connectivity index (χ1) is 11.7. The molecule has 0 saturated carbocycles. The third kappa shape index (κ3) is 8.70. The third-order valence-electron chi connectivity index (χ3n) is 5.17. The fourth-order valence-electron chi connectivity index (χ4n) is 3.54. The first-order valence-electron chi connectivity index (χ1n) is 10.3. The second kappa shape index (κ2) is 13.3. The summed E-state index contributed by atoms with van der Waals surface area (Å²) in [5.74, 6) is 0.194. The minimum atomic E-state index is 0.194. The van der Waals surface area contributed by atoms with E-state index in [1.54, 1.807) is 6.92 Å². The lowest BCUT2D eigenvalue weighted by Gasteiger charge is -2.14. The van der Waals surface area contributed by atoms with Gasteiger partial charge in [-0.15, -0.1) is 0 Å². The summed E-state index contributed by atoms with van der Waals surface area (Å²) < 4.78 is 0. The number of carbonyl (C=O) groups is 1. The van der Waals surface area contributed by atoms with E-state index in [-0.39, 0.29) is 5.91 Å². The maximum atomic E-state index is 11.5. The summed E-state index contributed by atoms with van der Waals surface area (Å²) in [6, 6.07) is 0. The molecule has 1 heterocycles. The highest BCUT2D eigenvalue weighted by Crippen LogP contribution is 2.27. The average molecular weight is 334 g/mol. The van der Waals surface area contributed by atoms with Crippen molar-refractivity contribution < 1.29 is 4.79 Å². The Balaban J connectivity index is 1.95. The van der Waals surface area contributed by atoms with Crippen molar-refractivity contribution in [3.63, 3.8) is 0 Å². The number of amides is 1. The van der Waals surface area contributed by atoms with Crippen LogP contribution in [0.5, 0.6) is 0 Å². The van der Waals surface area contributed by atoms with E-state index in [1.807, 2.05) is 4.90 Å². The fraction of sp³-hybridized carbons (Fsp3) is 0.773. The molecule has 0 atom stereocenters. The molecule has 0 bridgehead atoms. The van der Waals surface area contributed by atoms with Crippen LogP contribution in [0.3, 0.4) is 0 Å². The summed E-state index contributed by atoms with van der Waals surface area (Å²) in [7, 11) is 0. The average Bonchev–Trinajstić information content (AvgIpc) is 2.93. The van der Waals surface area contributed by atoms with Crippen molar-refractivity contribution in [2.45, 2.75) is 104 Å². The number of nitrogens with zero attached hydrogens (tertiary/aromatic N) is 1. The van der Waals surface area contributed by atoms with E-state index in [2.05, 4.69) is 26.0 Å². The third-order valence-corrected chi connectivity index (χ3v) is 5.17. The van der Waals surface area contributed by atoms with Crippen LogP contribution in [0.4, 0.5) is 0 Å². The van der Waals surface area contributed by atoms with Gasteiger partial charge < -0.3 is 4.90 Å². The van der Waals surface area contributed by atoms with E-state index in [4.69, 9.17) is 0 Å². The predicted octanol–water partition coefficient (Wildman–Crippen LogP) is 6.77. The maximum Gasteiger partial charge on any atom is 0.223 e. The Morgan fingerprint density at radius 1 is 0.958 bits per heavy atom. The topological polar surface area (TPSA) is 20.3 Å². The Bertz CT molecular complexity index is 408. The van der Waals surface area contributed by atoms with Crippen LogP contribution in [0.25, 0.3) is 0 Å². The Hall–Kier alpha value is -1.05. The highest BCUT2D eigenvalue weighted by Gasteiger charge is 2.20. The Morgan fingerprint density at radius 2 is 1.54 bits per heavy atom. The van der Waals surface area contributed by atoms with Crippen LogP contribution >= 0.6 is 0 Å².